The standard InChI is InChI=1S/C18H18N2O3/c1-11(12-3-5-16-17(9-12)23-10-22-16)20-18(21)14-2-4-15-13(8-14)6-7-19-15/h2-5,8-9,11,19H,6-7,10H2,1H3,(H,20,21). The summed E-state index contributed by atoms with van der Waals surface area (Å²) in [6, 6.07) is 11.4. The van der Waals surface area contributed by atoms with Gasteiger partial charge in [-0.05, 0) is 54.8 Å². The van der Waals surface area contributed by atoms with Gasteiger partial charge in [0.2, 0.25) is 6.79 Å². The van der Waals surface area contributed by atoms with Gasteiger partial charge in [-0.2, -0.15) is 0 Å². The average Bonchev–Trinajstić information content (AvgIpc) is 3.21. The fraction of sp³-hybridized carbons (Fsp3) is 0.278. The van der Waals surface area contributed by atoms with Crippen LogP contribution >= 0.6 is 0 Å². The molecule has 5 nitrogen and oxygen atoms in total. The summed E-state index contributed by atoms with van der Waals surface area (Å²) in [7, 11) is 0. The molecule has 2 aromatic carbocycles. The lowest BCUT2D eigenvalue weighted by atomic mass is 10.1. The second kappa shape index (κ2) is 5.50. The lowest BCUT2D eigenvalue weighted by Crippen LogP contribution is -2.26. The molecule has 0 fully saturated rings. The summed E-state index contributed by atoms with van der Waals surface area (Å²) in [6.45, 7) is 3.15. The van der Waals surface area contributed by atoms with E-state index in [9.17, 15) is 4.79 Å². The van der Waals surface area contributed by atoms with Gasteiger partial charge in [0.05, 0.1) is 6.04 Å². The van der Waals surface area contributed by atoms with E-state index in [0.29, 0.717) is 5.56 Å². The van der Waals surface area contributed by atoms with Gasteiger partial charge >= 0.3 is 0 Å². The first-order valence-corrected chi connectivity index (χ1v) is 7.78. The van der Waals surface area contributed by atoms with E-state index in [1.54, 1.807) is 0 Å². The molecule has 118 valence electrons. The number of carbonyl (C=O) groups excluding carboxylic acids is 1. The van der Waals surface area contributed by atoms with Crippen molar-refractivity contribution in [1.29, 1.82) is 0 Å². The normalized spacial score (nSPS) is 15.7. The zero-order chi connectivity index (χ0) is 15.8. The van der Waals surface area contributed by atoms with Crippen LogP contribution in [-0.2, 0) is 6.42 Å². The molecule has 2 N–H and O–H groups in total. The molecule has 0 saturated carbocycles. The van der Waals surface area contributed by atoms with Crippen LogP contribution in [0.5, 0.6) is 11.5 Å². The fourth-order valence-electron chi connectivity index (χ4n) is 2.99. The maximum atomic E-state index is 12.5. The first-order valence-electron chi connectivity index (χ1n) is 7.78. The number of rotatable bonds is 3. The molecule has 0 bridgehead atoms. The second-order valence-electron chi connectivity index (χ2n) is 5.86. The molecule has 4 rings (SSSR count). The summed E-state index contributed by atoms with van der Waals surface area (Å²) >= 11 is 0. The van der Waals surface area contributed by atoms with E-state index in [4.69, 9.17) is 9.47 Å². The van der Waals surface area contributed by atoms with Crippen molar-refractivity contribution in [2.45, 2.75) is 19.4 Å². The zero-order valence-corrected chi connectivity index (χ0v) is 12.9. The number of hydrogen-bond acceptors (Lipinski definition) is 4. The Hall–Kier alpha value is -2.69. The number of fused-ring (bicyclic) bond motifs is 2. The van der Waals surface area contributed by atoms with Crippen molar-refractivity contribution in [2.75, 3.05) is 18.7 Å². The van der Waals surface area contributed by atoms with Gasteiger partial charge in [-0.1, -0.05) is 6.07 Å². The summed E-state index contributed by atoms with van der Waals surface area (Å²) in [5, 5.41) is 6.34. The van der Waals surface area contributed by atoms with Gasteiger partial charge in [-0.15, -0.1) is 0 Å². The van der Waals surface area contributed by atoms with Crippen LogP contribution in [0, 0.1) is 0 Å². The van der Waals surface area contributed by atoms with Crippen LogP contribution in [0.15, 0.2) is 36.4 Å². The predicted molar refractivity (Wildman–Crippen MR) is 87.1 cm³/mol. The number of nitrogens with one attached hydrogen (secondary N) is 2. The number of benzene rings is 2. The van der Waals surface area contributed by atoms with E-state index < -0.39 is 0 Å². The molecule has 1 atom stereocenters. The Kier molecular flexibility index (Phi) is 3.33. The van der Waals surface area contributed by atoms with Crippen LogP contribution in [0.1, 0.15) is 34.5 Å². The molecule has 0 radical (unpaired) electrons. The first-order chi connectivity index (χ1) is 11.2. The molecule has 2 heterocycles. The lowest BCUT2D eigenvalue weighted by Gasteiger charge is -2.15. The molecule has 0 aliphatic carbocycles. The molecule has 23 heavy (non-hydrogen) atoms. The number of carbonyl (C=O) groups is 1. The van der Waals surface area contributed by atoms with Crippen molar-refractivity contribution in [1.82, 2.24) is 5.32 Å². The molecule has 0 spiro atoms. The molecule has 2 aromatic rings. The summed E-state index contributed by atoms with van der Waals surface area (Å²) in [6.07, 6.45) is 0.966. The van der Waals surface area contributed by atoms with Crippen molar-refractivity contribution in [3.8, 4) is 11.5 Å². The fourth-order valence-corrected chi connectivity index (χ4v) is 2.99. The number of hydrogen-bond donors (Lipinski definition) is 2. The SMILES string of the molecule is CC(NC(=O)c1ccc2c(c1)CCN2)c1ccc2c(c1)OCO2. The molecule has 1 amide bonds. The Morgan fingerprint density at radius 3 is 2.96 bits per heavy atom. The molecule has 0 saturated heterocycles. The Bertz CT molecular complexity index is 773. The third kappa shape index (κ3) is 2.59. The van der Waals surface area contributed by atoms with Gasteiger partial charge in [-0.25, -0.2) is 0 Å². The number of amides is 1. The van der Waals surface area contributed by atoms with E-state index in [1.165, 1.54) is 5.56 Å². The minimum absolute atomic E-state index is 0.0649. The zero-order valence-electron chi connectivity index (χ0n) is 12.9. The van der Waals surface area contributed by atoms with Crippen LogP contribution < -0.4 is 20.1 Å². The highest BCUT2D eigenvalue weighted by molar-refractivity contribution is 5.95. The van der Waals surface area contributed by atoms with Crippen LogP contribution in [0.2, 0.25) is 0 Å². The van der Waals surface area contributed by atoms with Gasteiger partial charge < -0.3 is 20.1 Å². The van der Waals surface area contributed by atoms with Crippen LogP contribution in [-0.4, -0.2) is 19.2 Å². The van der Waals surface area contributed by atoms with Gasteiger partial charge in [0.15, 0.2) is 11.5 Å². The summed E-state index contributed by atoms with van der Waals surface area (Å²) in [5.41, 5.74) is 4.02. The van der Waals surface area contributed by atoms with E-state index in [2.05, 4.69) is 10.6 Å². The quantitative estimate of drug-likeness (QED) is 0.915. The Labute approximate surface area is 134 Å². The average molecular weight is 310 g/mol. The Balaban J connectivity index is 1.50. The van der Waals surface area contributed by atoms with E-state index in [1.807, 2.05) is 43.3 Å². The predicted octanol–water partition coefficient (Wildman–Crippen LogP) is 2.87. The van der Waals surface area contributed by atoms with Gasteiger partial charge in [0, 0.05) is 17.8 Å². The van der Waals surface area contributed by atoms with E-state index in [-0.39, 0.29) is 18.7 Å². The van der Waals surface area contributed by atoms with Crippen molar-refractivity contribution in [3.05, 3.63) is 53.1 Å². The summed E-state index contributed by atoms with van der Waals surface area (Å²) in [4.78, 5) is 12.5. The maximum absolute atomic E-state index is 12.5. The molecule has 2 aliphatic rings. The Morgan fingerprint density at radius 1 is 1.17 bits per heavy atom. The largest absolute Gasteiger partial charge is 0.454 e. The van der Waals surface area contributed by atoms with Crippen LogP contribution in [0.4, 0.5) is 5.69 Å². The van der Waals surface area contributed by atoms with Crippen molar-refractivity contribution in [3.63, 3.8) is 0 Å². The topological polar surface area (TPSA) is 59.6 Å². The highest BCUT2D eigenvalue weighted by atomic mass is 16.7. The smallest absolute Gasteiger partial charge is 0.251 e. The summed E-state index contributed by atoms with van der Waals surface area (Å²) in [5.74, 6) is 1.41. The highest BCUT2D eigenvalue weighted by Crippen LogP contribution is 2.34. The minimum Gasteiger partial charge on any atom is -0.454 e. The number of ether oxygens (including phenoxy) is 2. The number of anilines is 1. The molecule has 2 aliphatic heterocycles. The Morgan fingerprint density at radius 2 is 2.04 bits per heavy atom. The van der Waals surface area contributed by atoms with Crippen molar-refractivity contribution in [2.24, 2.45) is 0 Å². The molecule has 5 heteroatoms. The first kappa shape index (κ1) is 13.9. The van der Waals surface area contributed by atoms with Gasteiger partial charge in [-0.3, -0.25) is 4.79 Å². The molecule has 1 unspecified atom stereocenters. The van der Waals surface area contributed by atoms with E-state index in [0.717, 1.165) is 35.7 Å². The monoisotopic (exact) mass is 310 g/mol. The molecular formula is C18H18N2O3. The maximum Gasteiger partial charge on any atom is 0.251 e. The van der Waals surface area contributed by atoms with E-state index >= 15 is 0 Å². The van der Waals surface area contributed by atoms with Gasteiger partial charge in [0.25, 0.3) is 5.91 Å². The van der Waals surface area contributed by atoms with Crippen LogP contribution in [0.25, 0.3) is 0 Å². The third-order valence-corrected chi connectivity index (χ3v) is 4.32. The molecule has 0 aromatic heterocycles. The minimum atomic E-state index is -0.108. The van der Waals surface area contributed by atoms with Crippen LogP contribution in [0.3, 0.4) is 0 Å². The third-order valence-electron chi connectivity index (χ3n) is 4.32. The van der Waals surface area contributed by atoms with Gasteiger partial charge in [0.1, 0.15) is 0 Å². The van der Waals surface area contributed by atoms with Crippen molar-refractivity contribution >= 4 is 11.6 Å². The summed E-state index contributed by atoms with van der Waals surface area (Å²) < 4.78 is 10.7. The second-order valence-corrected chi connectivity index (χ2v) is 5.86. The lowest BCUT2D eigenvalue weighted by molar-refractivity contribution is 0.0939. The van der Waals surface area contributed by atoms with Crippen molar-refractivity contribution < 1.29 is 14.3 Å². The molecular weight excluding hydrogens is 292 g/mol. The highest BCUT2D eigenvalue weighted by Gasteiger charge is 2.18.